The third-order valence-electron chi connectivity index (χ3n) is 3.81. The molecule has 0 saturated heterocycles. The fourth-order valence-electron chi connectivity index (χ4n) is 2.62. The van der Waals surface area contributed by atoms with E-state index in [1.807, 2.05) is 19.1 Å². The van der Waals surface area contributed by atoms with E-state index in [1.165, 1.54) is 25.7 Å². The molecule has 0 radical (unpaired) electrons. The van der Waals surface area contributed by atoms with Gasteiger partial charge >= 0.3 is 0 Å². The molecule has 0 bridgehead atoms. The molecular weight excluding hydrogens is 208 g/mol. The van der Waals surface area contributed by atoms with Gasteiger partial charge in [0.1, 0.15) is 0 Å². The first kappa shape index (κ1) is 12.0. The lowest BCUT2D eigenvalue weighted by Gasteiger charge is -2.30. The van der Waals surface area contributed by atoms with E-state index in [2.05, 4.69) is 24.4 Å². The molecule has 1 fully saturated rings. The smallest absolute Gasteiger partial charge is 0.0994 e. The van der Waals surface area contributed by atoms with Crippen molar-refractivity contribution in [3.05, 3.63) is 29.3 Å². The Morgan fingerprint density at radius 3 is 2.71 bits per heavy atom. The van der Waals surface area contributed by atoms with Gasteiger partial charge in [-0.2, -0.15) is 5.26 Å². The first-order valence-electron chi connectivity index (χ1n) is 6.48. The molecule has 2 heteroatoms. The molecular formula is C15H20N2. The molecule has 2 atom stereocenters. The Morgan fingerprint density at radius 1 is 1.29 bits per heavy atom. The highest BCUT2D eigenvalue weighted by Crippen LogP contribution is 2.27. The Hall–Kier alpha value is -1.49. The summed E-state index contributed by atoms with van der Waals surface area (Å²) >= 11 is 0. The molecule has 0 heterocycles. The summed E-state index contributed by atoms with van der Waals surface area (Å²) in [5.41, 5.74) is 2.98. The van der Waals surface area contributed by atoms with Gasteiger partial charge in [-0.3, -0.25) is 0 Å². The van der Waals surface area contributed by atoms with E-state index in [9.17, 15) is 0 Å². The van der Waals surface area contributed by atoms with Crippen molar-refractivity contribution < 1.29 is 0 Å². The van der Waals surface area contributed by atoms with Gasteiger partial charge in [0.05, 0.1) is 11.6 Å². The number of aryl methyl sites for hydroxylation is 1. The van der Waals surface area contributed by atoms with Crippen LogP contribution in [0.25, 0.3) is 0 Å². The Morgan fingerprint density at radius 2 is 2.06 bits per heavy atom. The zero-order valence-electron chi connectivity index (χ0n) is 10.7. The number of nitrogens with zero attached hydrogens (tertiary/aromatic N) is 1. The average Bonchev–Trinajstić information content (AvgIpc) is 2.32. The maximum absolute atomic E-state index is 8.90. The lowest BCUT2D eigenvalue weighted by Crippen LogP contribution is -2.30. The maximum Gasteiger partial charge on any atom is 0.0994 e. The maximum atomic E-state index is 8.90. The summed E-state index contributed by atoms with van der Waals surface area (Å²) < 4.78 is 0. The molecule has 1 aromatic rings. The van der Waals surface area contributed by atoms with Gasteiger partial charge in [0, 0.05) is 11.7 Å². The largest absolute Gasteiger partial charge is 0.382 e. The van der Waals surface area contributed by atoms with Crippen LogP contribution in [0.2, 0.25) is 0 Å². The predicted octanol–water partition coefficient (Wildman–Crippen LogP) is 3.86. The zero-order chi connectivity index (χ0) is 12.3. The van der Waals surface area contributed by atoms with Crippen molar-refractivity contribution in [3.63, 3.8) is 0 Å². The first-order chi connectivity index (χ1) is 8.20. The summed E-state index contributed by atoms with van der Waals surface area (Å²) in [6.07, 6.45) is 5.29. The van der Waals surface area contributed by atoms with E-state index < -0.39 is 0 Å². The monoisotopic (exact) mass is 228 g/mol. The topological polar surface area (TPSA) is 35.8 Å². The molecule has 1 saturated carbocycles. The summed E-state index contributed by atoms with van der Waals surface area (Å²) in [6, 6.07) is 8.81. The quantitative estimate of drug-likeness (QED) is 0.834. The minimum Gasteiger partial charge on any atom is -0.382 e. The van der Waals surface area contributed by atoms with Crippen LogP contribution in [-0.4, -0.2) is 6.04 Å². The second kappa shape index (κ2) is 5.23. The van der Waals surface area contributed by atoms with Crippen LogP contribution in [0.15, 0.2) is 18.2 Å². The standard InChI is InChI=1S/C15H20N2/c1-11-5-3-4-6-15(11)17-14-8-7-13(10-16)12(2)9-14/h7-9,11,15,17H,3-6H2,1-2H3. The Labute approximate surface area is 104 Å². The molecule has 2 rings (SSSR count). The first-order valence-corrected chi connectivity index (χ1v) is 6.48. The minimum absolute atomic E-state index is 0.594. The number of rotatable bonds is 2. The number of hydrogen-bond acceptors (Lipinski definition) is 2. The van der Waals surface area contributed by atoms with E-state index in [0.29, 0.717) is 6.04 Å². The minimum atomic E-state index is 0.594. The van der Waals surface area contributed by atoms with Crippen molar-refractivity contribution >= 4 is 5.69 Å². The van der Waals surface area contributed by atoms with Crippen LogP contribution in [0.3, 0.4) is 0 Å². The van der Waals surface area contributed by atoms with Gasteiger partial charge < -0.3 is 5.32 Å². The van der Waals surface area contributed by atoms with Crippen molar-refractivity contribution in [1.29, 1.82) is 5.26 Å². The van der Waals surface area contributed by atoms with Crippen molar-refractivity contribution in [2.45, 2.75) is 45.6 Å². The lowest BCUT2D eigenvalue weighted by molar-refractivity contribution is 0.349. The number of nitrogens with one attached hydrogen (secondary N) is 1. The van der Waals surface area contributed by atoms with Gasteiger partial charge in [0.2, 0.25) is 0 Å². The Kier molecular flexibility index (Phi) is 3.68. The molecule has 90 valence electrons. The molecule has 0 spiro atoms. The second-order valence-electron chi connectivity index (χ2n) is 5.15. The van der Waals surface area contributed by atoms with Gasteiger partial charge in [-0.15, -0.1) is 0 Å². The molecule has 0 aliphatic heterocycles. The SMILES string of the molecule is Cc1cc(NC2CCCCC2C)ccc1C#N. The molecule has 1 aliphatic rings. The molecule has 0 aromatic heterocycles. The van der Waals surface area contributed by atoms with E-state index in [1.54, 1.807) is 0 Å². The van der Waals surface area contributed by atoms with E-state index in [0.717, 1.165) is 22.7 Å². The summed E-state index contributed by atoms with van der Waals surface area (Å²) in [4.78, 5) is 0. The van der Waals surface area contributed by atoms with Crippen molar-refractivity contribution in [2.75, 3.05) is 5.32 Å². The van der Waals surface area contributed by atoms with Gasteiger partial charge in [0.25, 0.3) is 0 Å². The fourth-order valence-corrected chi connectivity index (χ4v) is 2.62. The third kappa shape index (κ3) is 2.79. The summed E-state index contributed by atoms with van der Waals surface area (Å²) in [6.45, 7) is 4.32. The van der Waals surface area contributed by atoms with Crippen LogP contribution < -0.4 is 5.32 Å². The van der Waals surface area contributed by atoms with Crippen molar-refractivity contribution in [1.82, 2.24) is 0 Å². The van der Waals surface area contributed by atoms with E-state index in [-0.39, 0.29) is 0 Å². The molecule has 2 unspecified atom stereocenters. The van der Waals surface area contributed by atoms with Crippen LogP contribution in [0, 0.1) is 24.2 Å². The highest BCUT2D eigenvalue weighted by molar-refractivity contribution is 5.52. The number of benzene rings is 1. The highest BCUT2D eigenvalue weighted by Gasteiger charge is 2.20. The number of hydrogen-bond donors (Lipinski definition) is 1. The van der Waals surface area contributed by atoms with Gasteiger partial charge in [-0.1, -0.05) is 19.8 Å². The van der Waals surface area contributed by atoms with Gasteiger partial charge in [-0.25, -0.2) is 0 Å². The Bertz CT molecular complexity index is 431. The third-order valence-corrected chi connectivity index (χ3v) is 3.81. The molecule has 1 N–H and O–H groups in total. The van der Waals surface area contributed by atoms with Gasteiger partial charge in [0.15, 0.2) is 0 Å². The lowest BCUT2D eigenvalue weighted by atomic mass is 9.86. The normalized spacial score (nSPS) is 24.1. The van der Waals surface area contributed by atoms with Crippen LogP contribution in [-0.2, 0) is 0 Å². The average molecular weight is 228 g/mol. The van der Waals surface area contributed by atoms with Crippen molar-refractivity contribution in [3.8, 4) is 6.07 Å². The molecule has 17 heavy (non-hydrogen) atoms. The summed E-state index contributed by atoms with van der Waals surface area (Å²) in [5, 5.41) is 12.5. The number of nitriles is 1. The van der Waals surface area contributed by atoms with E-state index in [4.69, 9.17) is 5.26 Å². The van der Waals surface area contributed by atoms with E-state index >= 15 is 0 Å². The zero-order valence-corrected chi connectivity index (χ0v) is 10.7. The van der Waals surface area contributed by atoms with Crippen LogP contribution in [0.1, 0.15) is 43.7 Å². The van der Waals surface area contributed by atoms with Crippen LogP contribution in [0.5, 0.6) is 0 Å². The Balaban J connectivity index is 2.08. The van der Waals surface area contributed by atoms with Crippen LogP contribution >= 0.6 is 0 Å². The number of anilines is 1. The van der Waals surface area contributed by atoms with Crippen LogP contribution in [0.4, 0.5) is 5.69 Å². The highest BCUT2D eigenvalue weighted by atomic mass is 14.9. The van der Waals surface area contributed by atoms with Gasteiger partial charge in [-0.05, 0) is 49.4 Å². The second-order valence-corrected chi connectivity index (χ2v) is 5.15. The summed E-state index contributed by atoms with van der Waals surface area (Å²) in [5.74, 6) is 0.750. The predicted molar refractivity (Wildman–Crippen MR) is 70.9 cm³/mol. The van der Waals surface area contributed by atoms with Crippen molar-refractivity contribution in [2.24, 2.45) is 5.92 Å². The summed E-state index contributed by atoms with van der Waals surface area (Å²) in [7, 11) is 0. The molecule has 0 amide bonds. The molecule has 1 aromatic carbocycles. The molecule has 1 aliphatic carbocycles. The molecule has 2 nitrogen and oxygen atoms in total. The fraction of sp³-hybridized carbons (Fsp3) is 0.533.